The molecule has 1 aromatic rings. The van der Waals surface area contributed by atoms with Crippen molar-refractivity contribution in [1.82, 2.24) is 0 Å². The molecule has 2 atom stereocenters. The SMILES string of the molecule is Cc1c(C2(O)CC3CCCC(C2)S3)ccc(F)c1F. The molecule has 2 bridgehead atoms. The number of rotatable bonds is 1. The van der Waals surface area contributed by atoms with Crippen molar-refractivity contribution in [2.24, 2.45) is 0 Å². The lowest BCUT2D eigenvalue weighted by molar-refractivity contribution is 0.00715. The van der Waals surface area contributed by atoms with Gasteiger partial charge in [-0.1, -0.05) is 12.5 Å². The minimum Gasteiger partial charge on any atom is -0.385 e. The number of halogens is 2. The first-order valence-corrected chi connectivity index (χ1v) is 7.77. The van der Waals surface area contributed by atoms with Gasteiger partial charge in [-0.2, -0.15) is 11.8 Å². The molecular formula is C15H18F2OS. The minimum absolute atomic E-state index is 0.257. The van der Waals surface area contributed by atoms with E-state index < -0.39 is 17.2 Å². The number of thioether (sulfide) groups is 1. The summed E-state index contributed by atoms with van der Waals surface area (Å²) in [6, 6.07) is 2.69. The monoisotopic (exact) mass is 284 g/mol. The van der Waals surface area contributed by atoms with Gasteiger partial charge >= 0.3 is 0 Å². The average Bonchev–Trinajstić information content (AvgIpc) is 2.35. The first-order chi connectivity index (χ1) is 8.99. The van der Waals surface area contributed by atoms with Crippen LogP contribution in [0.25, 0.3) is 0 Å². The van der Waals surface area contributed by atoms with Crippen LogP contribution in [0.1, 0.15) is 43.2 Å². The van der Waals surface area contributed by atoms with Crippen LogP contribution in [0.5, 0.6) is 0 Å². The highest BCUT2D eigenvalue weighted by Crippen LogP contribution is 2.50. The van der Waals surface area contributed by atoms with Gasteiger partial charge in [0.05, 0.1) is 5.60 Å². The second kappa shape index (κ2) is 4.74. The number of aliphatic hydroxyl groups is 1. The first-order valence-electron chi connectivity index (χ1n) is 6.82. The summed E-state index contributed by atoms with van der Waals surface area (Å²) in [7, 11) is 0. The van der Waals surface area contributed by atoms with E-state index in [0.717, 1.165) is 18.9 Å². The van der Waals surface area contributed by atoms with Crippen molar-refractivity contribution in [3.8, 4) is 0 Å². The van der Waals surface area contributed by atoms with E-state index in [1.54, 1.807) is 13.0 Å². The molecule has 104 valence electrons. The van der Waals surface area contributed by atoms with Gasteiger partial charge in [-0.15, -0.1) is 0 Å². The Morgan fingerprint density at radius 2 is 1.84 bits per heavy atom. The van der Waals surface area contributed by atoms with E-state index in [2.05, 4.69) is 0 Å². The molecule has 1 nitrogen and oxygen atoms in total. The molecule has 19 heavy (non-hydrogen) atoms. The third kappa shape index (κ3) is 2.29. The van der Waals surface area contributed by atoms with Crippen LogP contribution in [-0.2, 0) is 5.60 Å². The van der Waals surface area contributed by atoms with Crippen molar-refractivity contribution >= 4 is 11.8 Å². The highest BCUT2D eigenvalue weighted by Gasteiger charge is 2.43. The minimum atomic E-state index is -0.986. The van der Waals surface area contributed by atoms with Gasteiger partial charge in [-0.25, -0.2) is 8.78 Å². The van der Waals surface area contributed by atoms with Crippen LogP contribution < -0.4 is 0 Å². The molecule has 1 aromatic carbocycles. The lowest BCUT2D eigenvalue weighted by atomic mass is 9.79. The Hall–Kier alpha value is -0.610. The molecule has 2 aliphatic rings. The van der Waals surface area contributed by atoms with Gasteiger partial charge in [0.2, 0.25) is 0 Å². The predicted molar refractivity (Wildman–Crippen MR) is 73.2 cm³/mol. The fraction of sp³-hybridized carbons (Fsp3) is 0.600. The predicted octanol–water partition coefficient (Wildman–Crippen LogP) is 3.91. The van der Waals surface area contributed by atoms with E-state index in [1.165, 1.54) is 6.42 Å². The standard InChI is InChI=1S/C15H18F2OS/c1-9-12(5-6-13(16)14(9)17)15(18)7-10-3-2-4-11(8-15)19-10/h5-6,10-11,18H,2-4,7-8H2,1H3. The van der Waals surface area contributed by atoms with Crippen LogP contribution in [0.2, 0.25) is 0 Å². The summed E-state index contributed by atoms with van der Waals surface area (Å²) in [6.45, 7) is 1.56. The van der Waals surface area contributed by atoms with Crippen molar-refractivity contribution < 1.29 is 13.9 Å². The van der Waals surface area contributed by atoms with Crippen molar-refractivity contribution in [2.75, 3.05) is 0 Å². The smallest absolute Gasteiger partial charge is 0.162 e. The molecule has 2 aliphatic heterocycles. The Labute approximate surface area is 116 Å². The van der Waals surface area contributed by atoms with Crippen LogP contribution in [0, 0.1) is 18.6 Å². The van der Waals surface area contributed by atoms with Crippen LogP contribution in [0.4, 0.5) is 8.78 Å². The van der Waals surface area contributed by atoms with Gasteiger partial charge in [-0.05, 0) is 49.8 Å². The summed E-state index contributed by atoms with van der Waals surface area (Å²) in [5.41, 5.74) is -0.157. The Morgan fingerprint density at radius 1 is 1.21 bits per heavy atom. The van der Waals surface area contributed by atoms with E-state index >= 15 is 0 Å². The molecule has 0 aliphatic carbocycles. The Kier molecular flexibility index (Phi) is 3.34. The topological polar surface area (TPSA) is 20.2 Å². The molecule has 0 aromatic heterocycles. The van der Waals surface area contributed by atoms with E-state index in [0.29, 0.717) is 28.9 Å². The zero-order valence-electron chi connectivity index (χ0n) is 11.0. The van der Waals surface area contributed by atoms with Crippen LogP contribution in [-0.4, -0.2) is 15.6 Å². The average molecular weight is 284 g/mol. The Bertz CT molecular complexity index is 491. The summed E-state index contributed by atoms with van der Waals surface area (Å²) < 4.78 is 26.9. The van der Waals surface area contributed by atoms with E-state index in [1.807, 2.05) is 11.8 Å². The molecule has 2 unspecified atom stereocenters. The quantitative estimate of drug-likeness (QED) is 0.843. The molecule has 4 heteroatoms. The Balaban J connectivity index is 1.98. The van der Waals surface area contributed by atoms with Gasteiger partial charge in [0.1, 0.15) is 0 Å². The highest BCUT2D eigenvalue weighted by atomic mass is 32.2. The molecule has 3 rings (SSSR count). The maximum Gasteiger partial charge on any atom is 0.162 e. The first kappa shape index (κ1) is 13.4. The zero-order chi connectivity index (χ0) is 13.6. The fourth-order valence-electron chi connectivity index (χ4n) is 3.49. The number of hydrogen-bond donors (Lipinski definition) is 1. The molecule has 2 fully saturated rings. The van der Waals surface area contributed by atoms with Crippen molar-refractivity contribution in [1.29, 1.82) is 0 Å². The van der Waals surface area contributed by atoms with E-state index in [4.69, 9.17) is 0 Å². The van der Waals surface area contributed by atoms with Gasteiger partial charge in [0, 0.05) is 10.5 Å². The van der Waals surface area contributed by atoms with Crippen molar-refractivity contribution in [3.05, 3.63) is 34.9 Å². The molecule has 1 N–H and O–H groups in total. The zero-order valence-corrected chi connectivity index (χ0v) is 11.8. The number of fused-ring (bicyclic) bond motifs is 2. The lowest BCUT2D eigenvalue weighted by Gasteiger charge is -2.44. The third-order valence-corrected chi connectivity index (χ3v) is 5.98. The summed E-state index contributed by atoms with van der Waals surface area (Å²) in [6.07, 6.45) is 4.76. The Morgan fingerprint density at radius 3 is 2.47 bits per heavy atom. The molecule has 2 heterocycles. The number of benzene rings is 1. The lowest BCUT2D eigenvalue weighted by Crippen LogP contribution is -2.41. The highest BCUT2D eigenvalue weighted by molar-refractivity contribution is 8.00. The van der Waals surface area contributed by atoms with Gasteiger partial charge in [0.15, 0.2) is 11.6 Å². The van der Waals surface area contributed by atoms with Gasteiger partial charge < -0.3 is 5.11 Å². The van der Waals surface area contributed by atoms with Crippen molar-refractivity contribution in [2.45, 2.75) is 55.1 Å². The van der Waals surface area contributed by atoms with Crippen LogP contribution in [0.15, 0.2) is 12.1 Å². The molecule has 2 saturated heterocycles. The summed E-state index contributed by atoms with van der Waals surface area (Å²) in [4.78, 5) is 0. The molecule has 0 spiro atoms. The summed E-state index contributed by atoms with van der Waals surface area (Å²) in [5, 5.41) is 11.8. The normalized spacial score (nSPS) is 34.3. The molecule has 0 amide bonds. The number of hydrogen-bond acceptors (Lipinski definition) is 2. The third-order valence-electron chi connectivity index (χ3n) is 4.41. The summed E-state index contributed by atoms with van der Waals surface area (Å²) >= 11 is 1.96. The molecule has 0 radical (unpaired) electrons. The fourth-order valence-corrected chi connectivity index (χ4v) is 5.39. The van der Waals surface area contributed by atoms with Gasteiger partial charge in [0.25, 0.3) is 0 Å². The maximum atomic E-state index is 13.7. The van der Waals surface area contributed by atoms with Crippen LogP contribution in [0.3, 0.4) is 0 Å². The van der Waals surface area contributed by atoms with Gasteiger partial charge in [-0.3, -0.25) is 0 Å². The second-order valence-electron chi connectivity index (χ2n) is 5.78. The summed E-state index contributed by atoms with van der Waals surface area (Å²) in [5.74, 6) is -1.66. The van der Waals surface area contributed by atoms with E-state index in [9.17, 15) is 13.9 Å². The second-order valence-corrected chi connectivity index (χ2v) is 7.39. The molecule has 0 saturated carbocycles. The van der Waals surface area contributed by atoms with E-state index in [-0.39, 0.29) is 5.56 Å². The van der Waals surface area contributed by atoms with Crippen LogP contribution >= 0.6 is 11.8 Å². The largest absolute Gasteiger partial charge is 0.385 e. The van der Waals surface area contributed by atoms with Crippen molar-refractivity contribution in [3.63, 3.8) is 0 Å². The maximum absolute atomic E-state index is 13.7. The molecular weight excluding hydrogens is 266 g/mol.